The van der Waals surface area contributed by atoms with Crippen molar-refractivity contribution in [1.82, 2.24) is 5.32 Å². The van der Waals surface area contributed by atoms with Crippen molar-refractivity contribution in [2.45, 2.75) is 43.9 Å². The van der Waals surface area contributed by atoms with E-state index < -0.39 is 36.4 Å². The number of ketones is 1. The van der Waals surface area contributed by atoms with Crippen molar-refractivity contribution in [1.29, 1.82) is 0 Å². The molecule has 0 rings (SSSR count). The zero-order valence-corrected chi connectivity index (χ0v) is 11.2. The molecule has 0 fully saturated rings. The summed E-state index contributed by atoms with van der Waals surface area (Å²) in [5.74, 6) is -1.80. The van der Waals surface area contributed by atoms with E-state index >= 15 is 0 Å². The number of aldehydes is 1. The highest BCUT2D eigenvalue weighted by Gasteiger charge is 2.18. The van der Waals surface area contributed by atoms with Crippen LogP contribution in [0.5, 0.6) is 0 Å². The van der Waals surface area contributed by atoms with Gasteiger partial charge in [0.1, 0.15) is 6.04 Å². The van der Waals surface area contributed by atoms with Gasteiger partial charge in [0.25, 0.3) is 0 Å². The third-order valence-corrected chi connectivity index (χ3v) is 2.78. The highest BCUT2D eigenvalue weighted by molar-refractivity contribution is 6.25. The SMILES string of the molecule is N[C@@H](CCCCNC[C@@H](O)[C@@H](O)CC(=O)C=O)C(=O)O. The van der Waals surface area contributed by atoms with Gasteiger partial charge in [0, 0.05) is 13.0 Å². The van der Waals surface area contributed by atoms with Gasteiger partial charge in [-0.1, -0.05) is 6.42 Å². The molecule has 8 nitrogen and oxygen atoms in total. The normalized spacial score (nSPS) is 15.3. The van der Waals surface area contributed by atoms with Gasteiger partial charge in [-0.25, -0.2) is 0 Å². The largest absolute Gasteiger partial charge is 0.480 e. The van der Waals surface area contributed by atoms with Crippen LogP contribution in [0.25, 0.3) is 0 Å². The average Bonchev–Trinajstić information content (AvgIpc) is 2.41. The first-order valence-corrected chi connectivity index (χ1v) is 6.41. The van der Waals surface area contributed by atoms with Crippen molar-refractivity contribution in [2.24, 2.45) is 5.73 Å². The number of carbonyl (C=O) groups is 3. The van der Waals surface area contributed by atoms with Crippen LogP contribution in [0.4, 0.5) is 0 Å². The van der Waals surface area contributed by atoms with Gasteiger partial charge in [0.15, 0.2) is 12.1 Å². The number of nitrogens with one attached hydrogen (secondary N) is 1. The van der Waals surface area contributed by atoms with Crippen LogP contribution < -0.4 is 11.1 Å². The van der Waals surface area contributed by atoms with Gasteiger partial charge >= 0.3 is 5.97 Å². The number of unbranched alkanes of at least 4 members (excludes halogenated alkanes) is 1. The van der Waals surface area contributed by atoms with Gasteiger partial charge < -0.3 is 26.4 Å². The summed E-state index contributed by atoms with van der Waals surface area (Å²) in [6.45, 7) is 0.607. The summed E-state index contributed by atoms with van der Waals surface area (Å²) in [6.07, 6.45) is -1.04. The minimum atomic E-state index is -1.28. The van der Waals surface area contributed by atoms with Gasteiger partial charge in [-0.15, -0.1) is 0 Å². The second-order valence-corrected chi connectivity index (χ2v) is 4.57. The molecule has 0 aliphatic heterocycles. The second kappa shape index (κ2) is 10.4. The second-order valence-electron chi connectivity index (χ2n) is 4.57. The molecule has 20 heavy (non-hydrogen) atoms. The van der Waals surface area contributed by atoms with Crippen LogP contribution in [-0.2, 0) is 14.4 Å². The lowest BCUT2D eigenvalue weighted by Gasteiger charge is -2.17. The van der Waals surface area contributed by atoms with Gasteiger partial charge in [0.05, 0.1) is 12.2 Å². The predicted octanol–water partition coefficient (Wildman–Crippen LogP) is -1.96. The van der Waals surface area contributed by atoms with Gasteiger partial charge in [-0.05, 0) is 19.4 Å². The molecule has 0 unspecified atom stereocenters. The van der Waals surface area contributed by atoms with E-state index in [9.17, 15) is 24.6 Å². The maximum atomic E-state index is 10.7. The first kappa shape index (κ1) is 18.7. The number of aliphatic hydroxyl groups is 2. The summed E-state index contributed by atoms with van der Waals surface area (Å²) in [6, 6.07) is -0.864. The van der Waals surface area contributed by atoms with Crippen molar-refractivity contribution in [3.05, 3.63) is 0 Å². The number of hydrogen-bond acceptors (Lipinski definition) is 7. The third-order valence-electron chi connectivity index (χ3n) is 2.78. The van der Waals surface area contributed by atoms with Crippen molar-refractivity contribution in [3.63, 3.8) is 0 Å². The molecule has 0 saturated heterocycles. The zero-order valence-electron chi connectivity index (χ0n) is 11.2. The number of nitrogens with two attached hydrogens (primary N) is 1. The molecule has 0 aromatic rings. The fourth-order valence-corrected chi connectivity index (χ4v) is 1.51. The van der Waals surface area contributed by atoms with Crippen molar-refractivity contribution in [2.75, 3.05) is 13.1 Å². The molecular weight excluding hydrogens is 268 g/mol. The summed E-state index contributed by atoms with van der Waals surface area (Å²) < 4.78 is 0. The van der Waals surface area contributed by atoms with Crippen LogP contribution in [0.3, 0.4) is 0 Å². The maximum Gasteiger partial charge on any atom is 0.320 e. The zero-order chi connectivity index (χ0) is 15.5. The molecule has 0 heterocycles. The van der Waals surface area contributed by atoms with E-state index in [-0.39, 0.29) is 12.8 Å². The number of aliphatic hydroxyl groups excluding tert-OH is 2. The Hall–Kier alpha value is -1.35. The van der Waals surface area contributed by atoms with Crippen LogP contribution in [0.15, 0.2) is 0 Å². The summed E-state index contributed by atoms with van der Waals surface area (Å²) in [7, 11) is 0. The van der Waals surface area contributed by atoms with Crippen molar-refractivity contribution in [3.8, 4) is 0 Å². The molecule has 0 amide bonds. The Morgan fingerprint density at radius 3 is 2.40 bits per heavy atom. The lowest BCUT2D eigenvalue weighted by molar-refractivity contribution is -0.138. The van der Waals surface area contributed by atoms with Gasteiger partial charge in [-0.3, -0.25) is 14.4 Å². The number of rotatable bonds is 12. The van der Waals surface area contributed by atoms with Gasteiger partial charge in [0.2, 0.25) is 0 Å². The van der Waals surface area contributed by atoms with Crippen molar-refractivity contribution >= 4 is 18.0 Å². The predicted molar refractivity (Wildman–Crippen MR) is 70.0 cm³/mol. The fourth-order valence-electron chi connectivity index (χ4n) is 1.51. The molecular formula is C12H22N2O6. The van der Waals surface area contributed by atoms with Crippen LogP contribution in [-0.4, -0.2) is 64.7 Å². The van der Waals surface area contributed by atoms with Crippen LogP contribution in [0.2, 0.25) is 0 Å². The minimum absolute atomic E-state index is 0.0816. The molecule has 0 aromatic carbocycles. The van der Waals surface area contributed by atoms with E-state index in [1.807, 2.05) is 0 Å². The summed E-state index contributed by atoms with van der Waals surface area (Å²) in [4.78, 5) is 31.3. The maximum absolute atomic E-state index is 10.7. The topological polar surface area (TPSA) is 150 Å². The van der Waals surface area contributed by atoms with E-state index in [1.165, 1.54) is 0 Å². The molecule has 0 aliphatic carbocycles. The molecule has 0 saturated carbocycles. The Morgan fingerprint density at radius 2 is 1.85 bits per heavy atom. The monoisotopic (exact) mass is 290 g/mol. The molecule has 0 radical (unpaired) electrons. The first-order valence-electron chi connectivity index (χ1n) is 6.41. The summed E-state index contributed by atoms with van der Waals surface area (Å²) in [5.41, 5.74) is 5.33. The fraction of sp³-hybridized carbons (Fsp3) is 0.750. The highest BCUT2D eigenvalue weighted by Crippen LogP contribution is 2.00. The third kappa shape index (κ3) is 8.70. The number of carboxylic acid groups (broad SMARTS) is 1. The standard InChI is InChI=1S/C12H22N2O6/c13-9(12(19)20)3-1-2-4-14-6-11(18)10(17)5-8(16)7-15/h7,9-11,14,17-18H,1-6,13H2,(H,19,20)/t9-,10-,11+/m0/s1. The van der Waals surface area contributed by atoms with Gasteiger partial charge in [-0.2, -0.15) is 0 Å². The number of aliphatic carboxylic acids is 1. The molecule has 8 heteroatoms. The van der Waals surface area contributed by atoms with Crippen LogP contribution in [0.1, 0.15) is 25.7 Å². The number of Topliss-reactive ketones (excluding diaryl/α,β-unsaturated/α-hetero) is 1. The molecule has 3 atom stereocenters. The van der Waals surface area contributed by atoms with E-state index in [4.69, 9.17) is 10.8 Å². The molecule has 0 aliphatic rings. The lowest BCUT2D eigenvalue weighted by atomic mass is 10.1. The molecule has 116 valence electrons. The van der Waals surface area contributed by atoms with E-state index in [2.05, 4.69) is 5.32 Å². The molecule has 0 aromatic heterocycles. The smallest absolute Gasteiger partial charge is 0.320 e. The quantitative estimate of drug-likeness (QED) is 0.158. The number of carbonyl (C=O) groups excluding carboxylic acids is 2. The first-order chi connectivity index (χ1) is 9.38. The summed E-state index contributed by atoms with van der Waals surface area (Å²) in [5, 5.41) is 30.3. The Balaban J connectivity index is 3.61. The lowest BCUT2D eigenvalue weighted by Crippen LogP contribution is -2.38. The summed E-state index contributed by atoms with van der Waals surface area (Å²) >= 11 is 0. The highest BCUT2D eigenvalue weighted by atomic mass is 16.4. The molecule has 6 N–H and O–H groups in total. The Bertz CT molecular complexity index is 323. The van der Waals surface area contributed by atoms with Crippen LogP contribution >= 0.6 is 0 Å². The Labute approximate surface area is 117 Å². The Kier molecular flexibility index (Phi) is 9.73. The molecule has 0 spiro atoms. The van der Waals surface area contributed by atoms with E-state index in [1.54, 1.807) is 0 Å². The minimum Gasteiger partial charge on any atom is -0.480 e. The van der Waals surface area contributed by atoms with Crippen molar-refractivity contribution < 1.29 is 29.7 Å². The van der Waals surface area contributed by atoms with E-state index in [0.29, 0.717) is 25.8 Å². The number of hydrogen-bond donors (Lipinski definition) is 5. The Morgan fingerprint density at radius 1 is 1.20 bits per heavy atom. The van der Waals surface area contributed by atoms with Crippen LogP contribution in [0, 0.1) is 0 Å². The average molecular weight is 290 g/mol. The van der Waals surface area contributed by atoms with E-state index in [0.717, 1.165) is 0 Å². The molecule has 0 bridgehead atoms. The number of carboxylic acids is 1.